The standard InChI is InChI=1S/C29H41F3N2O4S/c1-8-9-10-11-12-13-16-36-22-15-14-20(17-21(22)29(30,31)32)23-18-33-24(39-23)28(7)19-37-27(5,6)34(28)25(35)38-26(2,3)4/h14-15,17-18H,8-13,16,19H2,1-7H3. The average Bonchev–Trinajstić information content (AvgIpc) is 3.40. The molecule has 1 fully saturated rings. The van der Waals surface area contributed by atoms with Crippen molar-refractivity contribution in [1.82, 2.24) is 9.88 Å². The molecule has 0 radical (unpaired) electrons. The summed E-state index contributed by atoms with van der Waals surface area (Å²) in [5.74, 6) is -0.168. The molecule has 39 heavy (non-hydrogen) atoms. The van der Waals surface area contributed by atoms with Crippen LogP contribution in [0.25, 0.3) is 10.4 Å². The molecule has 218 valence electrons. The summed E-state index contributed by atoms with van der Waals surface area (Å²) in [6, 6.07) is 4.11. The van der Waals surface area contributed by atoms with Gasteiger partial charge in [-0.05, 0) is 71.7 Å². The first-order valence-corrected chi connectivity index (χ1v) is 14.4. The molecule has 1 aromatic heterocycles. The second kappa shape index (κ2) is 12.0. The van der Waals surface area contributed by atoms with E-state index in [1.54, 1.807) is 40.7 Å². The summed E-state index contributed by atoms with van der Waals surface area (Å²) in [6.45, 7) is 13.3. The number of halogens is 3. The Balaban J connectivity index is 1.83. The van der Waals surface area contributed by atoms with Crippen molar-refractivity contribution < 1.29 is 32.2 Å². The zero-order valence-electron chi connectivity index (χ0n) is 24.0. The molecule has 0 N–H and O–H groups in total. The van der Waals surface area contributed by atoms with Gasteiger partial charge in [-0.2, -0.15) is 13.2 Å². The van der Waals surface area contributed by atoms with Crippen molar-refractivity contribution in [3.63, 3.8) is 0 Å². The lowest BCUT2D eigenvalue weighted by atomic mass is 10.0. The first kappa shape index (κ1) is 31.2. The van der Waals surface area contributed by atoms with Gasteiger partial charge in [-0.3, -0.25) is 4.90 Å². The Hall–Kier alpha value is -2.33. The van der Waals surface area contributed by atoms with E-state index < -0.39 is 34.7 Å². The topological polar surface area (TPSA) is 60.9 Å². The second-order valence-electron chi connectivity index (χ2n) is 11.7. The number of ether oxygens (including phenoxy) is 3. The van der Waals surface area contributed by atoms with Crippen LogP contribution in [0, 0.1) is 0 Å². The molecule has 0 bridgehead atoms. The van der Waals surface area contributed by atoms with Crippen molar-refractivity contribution in [1.29, 1.82) is 0 Å². The maximum Gasteiger partial charge on any atom is 0.419 e. The van der Waals surface area contributed by atoms with E-state index >= 15 is 0 Å². The van der Waals surface area contributed by atoms with Crippen molar-refractivity contribution in [2.24, 2.45) is 0 Å². The summed E-state index contributed by atoms with van der Waals surface area (Å²) in [6.07, 6.45) is 2.58. The first-order valence-electron chi connectivity index (χ1n) is 13.6. The van der Waals surface area contributed by atoms with Gasteiger partial charge in [0.2, 0.25) is 0 Å². The predicted octanol–water partition coefficient (Wildman–Crippen LogP) is 8.79. The Morgan fingerprint density at radius 1 is 1.10 bits per heavy atom. The number of carbonyl (C=O) groups is 1. The highest BCUT2D eigenvalue weighted by Gasteiger charge is 2.55. The second-order valence-corrected chi connectivity index (χ2v) is 12.7. The van der Waals surface area contributed by atoms with Crippen LogP contribution in [0.5, 0.6) is 5.75 Å². The van der Waals surface area contributed by atoms with Gasteiger partial charge in [-0.1, -0.05) is 39.0 Å². The fraction of sp³-hybridized carbons (Fsp3) is 0.655. The molecule has 1 amide bonds. The number of rotatable bonds is 10. The number of nitrogens with zero attached hydrogens (tertiary/aromatic N) is 2. The molecular weight excluding hydrogens is 529 g/mol. The highest BCUT2D eigenvalue weighted by molar-refractivity contribution is 7.15. The van der Waals surface area contributed by atoms with Gasteiger partial charge in [-0.25, -0.2) is 9.78 Å². The minimum Gasteiger partial charge on any atom is -0.493 e. The van der Waals surface area contributed by atoms with E-state index in [0.717, 1.165) is 31.7 Å². The molecule has 1 saturated heterocycles. The lowest BCUT2D eigenvalue weighted by molar-refractivity contribution is -0.138. The largest absolute Gasteiger partial charge is 0.493 e. The van der Waals surface area contributed by atoms with Crippen molar-refractivity contribution in [2.45, 2.75) is 110 Å². The average molecular weight is 571 g/mol. The molecule has 2 aromatic rings. The summed E-state index contributed by atoms with van der Waals surface area (Å²) >= 11 is 1.23. The SMILES string of the molecule is CCCCCCCCOc1ccc(-c2cnc(C3(C)COC(C)(C)N3C(=O)OC(C)(C)C)s2)cc1C(F)(F)F. The minimum atomic E-state index is -4.57. The van der Waals surface area contributed by atoms with Gasteiger partial charge in [0.1, 0.15) is 27.6 Å². The number of benzene rings is 1. The van der Waals surface area contributed by atoms with Gasteiger partial charge in [0.25, 0.3) is 0 Å². The Labute approximate surface area is 233 Å². The molecule has 6 nitrogen and oxygen atoms in total. The lowest BCUT2D eigenvalue weighted by Gasteiger charge is -2.39. The van der Waals surface area contributed by atoms with E-state index in [-0.39, 0.29) is 19.0 Å². The van der Waals surface area contributed by atoms with Crippen LogP contribution in [0.1, 0.15) is 97.6 Å². The highest BCUT2D eigenvalue weighted by atomic mass is 32.1. The monoisotopic (exact) mass is 570 g/mol. The molecule has 3 rings (SSSR count). The maximum atomic E-state index is 14.0. The molecule has 1 atom stereocenters. The van der Waals surface area contributed by atoms with E-state index in [1.807, 2.05) is 6.92 Å². The number of alkyl halides is 3. The van der Waals surface area contributed by atoms with Crippen LogP contribution in [0.2, 0.25) is 0 Å². The molecule has 0 saturated carbocycles. The van der Waals surface area contributed by atoms with Gasteiger partial charge >= 0.3 is 12.3 Å². The summed E-state index contributed by atoms with van der Waals surface area (Å²) in [5.41, 5.74) is -3.06. The molecule has 1 aliphatic heterocycles. The molecule has 0 spiro atoms. The van der Waals surface area contributed by atoms with Crippen LogP contribution >= 0.6 is 11.3 Å². The summed E-state index contributed by atoms with van der Waals surface area (Å²) < 4.78 is 59.0. The third-order valence-electron chi connectivity index (χ3n) is 6.61. The molecule has 1 unspecified atom stereocenters. The quantitative estimate of drug-likeness (QED) is 0.267. The molecule has 1 aliphatic rings. The number of hydrogen-bond acceptors (Lipinski definition) is 6. The fourth-order valence-electron chi connectivity index (χ4n) is 4.68. The maximum absolute atomic E-state index is 14.0. The van der Waals surface area contributed by atoms with Gasteiger partial charge < -0.3 is 14.2 Å². The van der Waals surface area contributed by atoms with E-state index in [4.69, 9.17) is 14.2 Å². The van der Waals surface area contributed by atoms with E-state index in [0.29, 0.717) is 21.9 Å². The normalized spacial score (nSPS) is 19.4. The molecule has 2 heterocycles. The van der Waals surface area contributed by atoms with Crippen LogP contribution in [0.3, 0.4) is 0 Å². The number of thiazole rings is 1. The lowest BCUT2D eigenvalue weighted by Crippen LogP contribution is -2.53. The molecule has 1 aromatic carbocycles. The van der Waals surface area contributed by atoms with Crippen molar-refractivity contribution >= 4 is 17.4 Å². The van der Waals surface area contributed by atoms with E-state index in [1.165, 1.54) is 34.9 Å². The zero-order valence-corrected chi connectivity index (χ0v) is 24.9. The highest BCUT2D eigenvalue weighted by Crippen LogP contribution is 2.46. The molecular formula is C29H41F3N2O4S. The smallest absolute Gasteiger partial charge is 0.419 e. The van der Waals surface area contributed by atoms with Gasteiger partial charge in [0, 0.05) is 6.20 Å². The third-order valence-corrected chi connectivity index (χ3v) is 7.91. The third kappa shape index (κ3) is 7.66. The number of unbranched alkanes of at least 4 members (excludes halogenated alkanes) is 5. The molecule has 0 aliphatic carbocycles. The van der Waals surface area contributed by atoms with E-state index in [2.05, 4.69) is 11.9 Å². The van der Waals surface area contributed by atoms with Crippen LogP contribution in [-0.2, 0) is 21.2 Å². The number of hydrogen-bond donors (Lipinski definition) is 0. The fourth-order valence-corrected chi connectivity index (χ4v) is 5.71. The number of carbonyl (C=O) groups excluding carboxylic acids is 1. The summed E-state index contributed by atoms with van der Waals surface area (Å²) in [5, 5.41) is 0.547. The van der Waals surface area contributed by atoms with Crippen LogP contribution in [-0.4, -0.2) is 40.5 Å². The van der Waals surface area contributed by atoms with Crippen LogP contribution < -0.4 is 4.74 Å². The number of aromatic nitrogens is 1. The van der Waals surface area contributed by atoms with Gasteiger partial charge in [-0.15, -0.1) is 11.3 Å². The summed E-state index contributed by atoms with van der Waals surface area (Å²) in [4.78, 5) is 19.8. The Kier molecular flexibility index (Phi) is 9.63. The van der Waals surface area contributed by atoms with Crippen molar-refractivity contribution in [2.75, 3.05) is 13.2 Å². The van der Waals surface area contributed by atoms with E-state index in [9.17, 15) is 18.0 Å². The first-order chi connectivity index (χ1) is 18.1. The van der Waals surface area contributed by atoms with Crippen LogP contribution in [0.4, 0.5) is 18.0 Å². The van der Waals surface area contributed by atoms with Crippen molar-refractivity contribution in [3.05, 3.63) is 35.0 Å². The predicted molar refractivity (Wildman–Crippen MR) is 147 cm³/mol. The van der Waals surface area contributed by atoms with Gasteiger partial charge in [0.15, 0.2) is 0 Å². The zero-order chi connectivity index (χ0) is 29.1. The van der Waals surface area contributed by atoms with Crippen molar-refractivity contribution in [3.8, 4) is 16.2 Å². The Bertz CT molecular complexity index is 1130. The Morgan fingerprint density at radius 2 is 1.77 bits per heavy atom. The van der Waals surface area contributed by atoms with Crippen LogP contribution in [0.15, 0.2) is 24.4 Å². The Morgan fingerprint density at radius 3 is 2.41 bits per heavy atom. The minimum absolute atomic E-state index is 0.168. The number of amides is 1. The summed E-state index contributed by atoms with van der Waals surface area (Å²) in [7, 11) is 0. The van der Waals surface area contributed by atoms with Gasteiger partial charge in [0.05, 0.1) is 23.7 Å². The molecule has 10 heteroatoms.